The van der Waals surface area contributed by atoms with Gasteiger partial charge in [0.1, 0.15) is 0 Å². The molecule has 0 spiro atoms. The van der Waals surface area contributed by atoms with Gasteiger partial charge in [-0.1, -0.05) is 13.8 Å². The zero-order valence-corrected chi connectivity index (χ0v) is 7.18. The Labute approximate surface area is 66.6 Å². The summed E-state index contributed by atoms with van der Waals surface area (Å²) in [5.74, 6) is -0.296. The van der Waals surface area contributed by atoms with Crippen LogP contribution in [0.1, 0.15) is 26.7 Å². The van der Waals surface area contributed by atoms with E-state index in [1.165, 1.54) is 0 Å². The number of carbonyl (C=O) groups is 2. The van der Waals surface area contributed by atoms with Crippen LogP contribution in [0.5, 0.6) is 0 Å². The van der Waals surface area contributed by atoms with E-state index in [0.717, 1.165) is 7.11 Å². The SMILES string of the molecule is CC.CO.O=C1CCC(=O)N1. The normalized spacial score (nSPS) is 13.8. The lowest BCUT2D eigenvalue weighted by Crippen LogP contribution is -2.18. The van der Waals surface area contributed by atoms with E-state index in [-0.39, 0.29) is 11.8 Å². The van der Waals surface area contributed by atoms with Gasteiger partial charge in [0.25, 0.3) is 0 Å². The van der Waals surface area contributed by atoms with Crippen LogP contribution in [0.15, 0.2) is 0 Å². The van der Waals surface area contributed by atoms with Crippen molar-refractivity contribution in [1.29, 1.82) is 0 Å². The molecule has 11 heavy (non-hydrogen) atoms. The summed E-state index contributed by atoms with van der Waals surface area (Å²) in [4.78, 5) is 20.2. The Kier molecular flexibility index (Phi) is 10.5. The molecule has 0 aromatic rings. The molecular weight excluding hydrogens is 146 g/mol. The summed E-state index contributed by atoms with van der Waals surface area (Å²) >= 11 is 0. The molecule has 2 N–H and O–H groups in total. The van der Waals surface area contributed by atoms with E-state index in [2.05, 4.69) is 5.32 Å². The third kappa shape index (κ3) is 6.99. The van der Waals surface area contributed by atoms with E-state index in [0.29, 0.717) is 12.8 Å². The van der Waals surface area contributed by atoms with E-state index in [9.17, 15) is 9.59 Å². The Bertz CT molecular complexity index is 109. The van der Waals surface area contributed by atoms with Crippen LogP contribution < -0.4 is 5.32 Å². The van der Waals surface area contributed by atoms with Gasteiger partial charge in [-0.15, -0.1) is 0 Å². The second-order valence-corrected chi connectivity index (χ2v) is 1.47. The predicted octanol–water partition coefficient (Wildman–Crippen LogP) is 0.0577. The third-order valence-corrected chi connectivity index (χ3v) is 0.858. The lowest BCUT2D eigenvalue weighted by Gasteiger charge is -1.79. The molecule has 0 aromatic heterocycles. The highest BCUT2D eigenvalue weighted by molar-refractivity contribution is 6.01. The molecule has 0 bridgehead atoms. The molecule has 0 aliphatic carbocycles. The molecule has 4 heteroatoms. The minimum absolute atomic E-state index is 0.148. The summed E-state index contributed by atoms with van der Waals surface area (Å²) in [7, 11) is 1.00. The number of hydrogen-bond donors (Lipinski definition) is 2. The van der Waals surface area contributed by atoms with Gasteiger partial charge in [0, 0.05) is 20.0 Å². The van der Waals surface area contributed by atoms with Crippen molar-refractivity contribution in [2.45, 2.75) is 26.7 Å². The highest BCUT2D eigenvalue weighted by atomic mass is 16.2. The standard InChI is InChI=1S/C4H5NO2.C2H6.CH4O/c6-3-1-2-4(7)5-3;2*1-2/h1-2H2,(H,5,6,7);1-2H3;2H,1H3. The topological polar surface area (TPSA) is 66.4 Å². The molecule has 66 valence electrons. The summed E-state index contributed by atoms with van der Waals surface area (Å²) in [6.45, 7) is 4.00. The van der Waals surface area contributed by atoms with Gasteiger partial charge in [0.05, 0.1) is 0 Å². The van der Waals surface area contributed by atoms with Crippen LogP contribution in [0.2, 0.25) is 0 Å². The number of amides is 2. The van der Waals surface area contributed by atoms with Gasteiger partial charge in [-0.2, -0.15) is 0 Å². The van der Waals surface area contributed by atoms with Crippen molar-refractivity contribution in [1.82, 2.24) is 5.32 Å². The first-order chi connectivity index (χ1) is 5.29. The van der Waals surface area contributed by atoms with Crippen LogP contribution in [-0.4, -0.2) is 24.0 Å². The van der Waals surface area contributed by atoms with Gasteiger partial charge in [0.2, 0.25) is 11.8 Å². The maximum absolute atomic E-state index is 10.1. The molecule has 1 saturated heterocycles. The van der Waals surface area contributed by atoms with Gasteiger partial charge >= 0.3 is 0 Å². The van der Waals surface area contributed by atoms with E-state index in [1.807, 2.05) is 13.8 Å². The van der Waals surface area contributed by atoms with E-state index in [4.69, 9.17) is 5.11 Å². The Hall–Kier alpha value is -0.900. The summed E-state index contributed by atoms with van der Waals surface area (Å²) in [5.41, 5.74) is 0. The zero-order valence-electron chi connectivity index (χ0n) is 7.18. The molecule has 1 aliphatic rings. The second kappa shape index (κ2) is 9.10. The number of carbonyl (C=O) groups excluding carboxylic acids is 2. The van der Waals surface area contributed by atoms with Gasteiger partial charge in [-0.3, -0.25) is 14.9 Å². The molecule has 0 saturated carbocycles. The summed E-state index contributed by atoms with van der Waals surface area (Å²) in [6.07, 6.45) is 0.748. The number of rotatable bonds is 0. The first kappa shape index (κ1) is 12.7. The number of nitrogens with one attached hydrogen (secondary N) is 1. The molecule has 1 aliphatic heterocycles. The van der Waals surface area contributed by atoms with Gasteiger partial charge in [-0.05, 0) is 0 Å². The molecule has 1 heterocycles. The lowest BCUT2D eigenvalue weighted by molar-refractivity contribution is -0.124. The molecular formula is C7H15NO3. The third-order valence-electron chi connectivity index (χ3n) is 0.858. The average Bonchev–Trinajstić information content (AvgIpc) is 2.43. The molecule has 1 fully saturated rings. The maximum Gasteiger partial charge on any atom is 0.227 e. The zero-order chi connectivity index (χ0) is 9.28. The first-order valence-electron chi connectivity index (χ1n) is 3.56. The lowest BCUT2D eigenvalue weighted by atomic mass is 10.4. The minimum Gasteiger partial charge on any atom is -0.400 e. The molecule has 1 rings (SSSR count). The fourth-order valence-corrected chi connectivity index (χ4v) is 0.508. The highest BCUT2D eigenvalue weighted by Crippen LogP contribution is 1.95. The highest BCUT2D eigenvalue weighted by Gasteiger charge is 2.15. The van der Waals surface area contributed by atoms with Gasteiger partial charge in [-0.25, -0.2) is 0 Å². The Morgan fingerprint density at radius 3 is 1.45 bits per heavy atom. The monoisotopic (exact) mass is 161 g/mol. The largest absolute Gasteiger partial charge is 0.400 e. The van der Waals surface area contributed by atoms with Crippen molar-refractivity contribution in [3.8, 4) is 0 Å². The maximum atomic E-state index is 10.1. The molecule has 0 unspecified atom stereocenters. The predicted molar refractivity (Wildman–Crippen MR) is 41.9 cm³/mol. The molecule has 0 radical (unpaired) electrons. The smallest absolute Gasteiger partial charge is 0.227 e. The average molecular weight is 161 g/mol. The molecule has 4 nitrogen and oxygen atoms in total. The number of aliphatic hydroxyl groups excluding tert-OH is 1. The van der Waals surface area contributed by atoms with E-state index < -0.39 is 0 Å². The molecule has 2 amide bonds. The van der Waals surface area contributed by atoms with Crippen molar-refractivity contribution in [2.24, 2.45) is 0 Å². The van der Waals surface area contributed by atoms with E-state index >= 15 is 0 Å². The number of aliphatic hydroxyl groups is 1. The Morgan fingerprint density at radius 1 is 1.09 bits per heavy atom. The second-order valence-electron chi connectivity index (χ2n) is 1.47. The summed E-state index contributed by atoms with van der Waals surface area (Å²) in [6, 6.07) is 0. The fourth-order valence-electron chi connectivity index (χ4n) is 0.508. The van der Waals surface area contributed by atoms with Crippen molar-refractivity contribution in [3.63, 3.8) is 0 Å². The minimum atomic E-state index is -0.148. The summed E-state index contributed by atoms with van der Waals surface area (Å²) < 4.78 is 0. The molecule has 0 atom stereocenters. The Balaban J connectivity index is 0. The van der Waals surface area contributed by atoms with Crippen molar-refractivity contribution in [3.05, 3.63) is 0 Å². The van der Waals surface area contributed by atoms with Crippen LogP contribution in [0.3, 0.4) is 0 Å². The number of hydrogen-bond acceptors (Lipinski definition) is 3. The van der Waals surface area contributed by atoms with Crippen molar-refractivity contribution < 1.29 is 14.7 Å². The first-order valence-corrected chi connectivity index (χ1v) is 3.56. The summed E-state index contributed by atoms with van der Waals surface area (Å²) in [5, 5.41) is 9.14. The van der Waals surface area contributed by atoms with Crippen LogP contribution in [-0.2, 0) is 9.59 Å². The quantitative estimate of drug-likeness (QED) is 0.493. The fraction of sp³-hybridized carbons (Fsp3) is 0.714. The van der Waals surface area contributed by atoms with Gasteiger partial charge in [0.15, 0.2) is 0 Å². The van der Waals surface area contributed by atoms with Crippen LogP contribution in [0, 0.1) is 0 Å². The van der Waals surface area contributed by atoms with Crippen molar-refractivity contribution >= 4 is 11.8 Å². The van der Waals surface area contributed by atoms with E-state index in [1.54, 1.807) is 0 Å². The van der Waals surface area contributed by atoms with Crippen LogP contribution in [0.4, 0.5) is 0 Å². The Morgan fingerprint density at radius 2 is 1.36 bits per heavy atom. The van der Waals surface area contributed by atoms with Crippen LogP contribution >= 0.6 is 0 Å². The van der Waals surface area contributed by atoms with Crippen molar-refractivity contribution in [2.75, 3.05) is 7.11 Å². The molecule has 0 aromatic carbocycles. The van der Waals surface area contributed by atoms with Crippen LogP contribution in [0.25, 0.3) is 0 Å². The van der Waals surface area contributed by atoms with Gasteiger partial charge < -0.3 is 5.11 Å². The number of imide groups is 1.